The third-order valence-corrected chi connectivity index (χ3v) is 3.88. The maximum atomic E-state index is 6.10. The van der Waals surface area contributed by atoms with Crippen molar-refractivity contribution < 1.29 is 4.74 Å². The fourth-order valence-corrected chi connectivity index (χ4v) is 2.74. The highest BCUT2D eigenvalue weighted by Crippen LogP contribution is 2.30. The first-order valence-electron chi connectivity index (χ1n) is 6.67. The number of hydrogen-bond donors (Lipinski definition) is 1. The van der Waals surface area contributed by atoms with Crippen LogP contribution in [0.2, 0.25) is 5.02 Å². The Morgan fingerprint density at radius 3 is 2.76 bits per heavy atom. The van der Waals surface area contributed by atoms with Crippen LogP contribution in [0.1, 0.15) is 18.5 Å². The van der Waals surface area contributed by atoms with Crippen LogP contribution in [0, 0.1) is 0 Å². The van der Waals surface area contributed by atoms with Gasteiger partial charge in [0.1, 0.15) is 5.75 Å². The zero-order valence-corrected chi connectivity index (χ0v) is 12.6. The molecule has 108 valence electrons. The molecule has 0 fully saturated rings. The Kier molecular flexibility index (Phi) is 3.47. The van der Waals surface area contributed by atoms with Crippen LogP contribution in [0.3, 0.4) is 0 Å². The maximum absolute atomic E-state index is 6.10. The van der Waals surface area contributed by atoms with Crippen LogP contribution < -0.4 is 10.5 Å². The zero-order valence-electron chi connectivity index (χ0n) is 11.9. The van der Waals surface area contributed by atoms with E-state index in [9.17, 15) is 0 Å². The summed E-state index contributed by atoms with van der Waals surface area (Å²) in [6.07, 6.45) is 0. The molecule has 1 unspecified atom stereocenters. The number of hydrogen-bond acceptors (Lipinski definition) is 3. The Balaban J connectivity index is 2.16. The third kappa shape index (κ3) is 2.43. The van der Waals surface area contributed by atoms with Gasteiger partial charge < -0.3 is 15.0 Å². The number of benzene rings is 2. The molecule has 3 rings (SSSR count). The molecule has 0 radical (unpaired) electrons. The van der Waals surface area contributed by atoms with Gasteiger partial charge in [-0.3, -0.25) is 0 Å². The van der Waals surface area contributed by atoms with Crippen LogP contribution in [0.25, 0.3) is 11.0 Å². The van der Waals surface area contributed by atoms with Gasteiger partial charge in [-0.25, -0.2) is 4.98 Å². The molecule has 0 aliphatic rings. The second-order valence-electron chi connectivity index (χ2n) is 4.93. The molecule has 1 heterocycles. The standard InChI is InChI=1S/C16H16ClN3O/c1-10(11-4-3-5-12(17)8-11)20-15-9-13(21-2)6-7-14(15)19-16(20)18/h3-10H,1-2H3,(H2,18,19). The van der Waals surface area contributed by atoms with Crippen LogP contribution in [-0.2, 0) is 0 Å². The first-order valence-corrected chi connectivity index (χ1v) is 7.05. The minimum Gasteiger partial charge on any atom is -0.497 e. The van der Waals surface area contributed by atoms with Crippen molar-refractivity contribution in [2.75, 3.05) is 12.8 Å². The van der Waals surface area contributed by atoms with Gasteiger partial charge >= 0.3 is 0 Å². The van der Waals surface area contributed by atoms with E-state index in [1.807, 2.05) is 47.0 Å². The van der Waals surface area contributed by atoms with E-state index >= 15 is 0 Å². The van der Waals surface area contributed by atoms with E-state index in [-0.39, 0.29) is 6.04 Å². The molecule has 1 atom stereocenters. The molecule has 0 saturated carbocycles. The molecule has 4 nitrogen and oxygen atoms in total. The quantitative estimate of drug-likeness (QED) is 0.798. The van der Waals surface area contributed by atoms with E-state index in [2.05, 4.69) is 11.9 Å². The first-order chi connectivity index (χ1) is 10.1. The third-order valence-electron chi connectivity index (χ3n) is 3.64. The Morgan fingerprint density at radius 1 is 1.24 bits per heavy atom. The average Bonchev–Trinajstić information content (AvgIpc) is 2.81. The van der Waals surface area contributed by atoms with Gasteiger partial charge in [0.25, 0.3) is 0 Å². The van der Waals surface area contributed by atoms with E-state index in [1.54, 1.807) is 7.11 Å². The van der Waals surface area contributed by atoms with Crippen molar-refractivity contribution in [1.29, 1.82) is 0 Å². The number of rotatable bonds is 3. The van der Waals surface area contributed by atoms with Gasteiger partial charge in [0.05, 0.1) is 24.2 Å². The lowest BCUT2D eigenvalue weighted by Gasteiger charge is -2.17. The molecule has 1 aromatic heterocycles. The lowest BCUT2D eigenvalue weighted by Crippen LogP contribution is -2.10. The van der Waals surface area contributed by atoms with Crippen LogP contribution in [0.5, 0.6) is 5.75 Å². The van der Waals surface area contributed by atoms with Gasteiger partial charge in [-0.05, 0) is 36.8 Å². The fourth-order valence-electron chi connectivity index (χ4n) is 2.54. The summed E-state index contributed by atoms with van der Waals surface area (Å²) in [7, 11) is 1.64. The molecule has 2 N–H and O–H groups in total. The molecule has 3 aromatic rings. The Bertz CT molecular complexity index is 797. The van der Waals surface area contributed by atoms with Crippen molar-refractivity contribution in [3.63, 3.8) is 0 Å². The zero-order chi connectivity index (χ0) is 15.0. The van der Waals surface area contributed by atoms with Gasteiger partial charge in [0.15, 0.2) is 0 Å². The number of nitrogen functional groups attached to an aromatic ring is 1. The van der Waals surface area contributed by atoms with Crippen molar-refractivity contribution in [2.24, 2.45) is 0 Å². The smallest absolute Gasteiger partial charge is 0.201 e. The largest absolute Gasteiger partial charge is 0.497 e. The van der Waals surface area contributed by atoms with Crippen molar-refractivity contribution in [2.45, 2.75) is 13.0 Å². The van der Waals surface area contributed by atoms with Gasteiger partial charge in [0, 0.05) is 11.1 Å². The molecule has 0 spiro atoms. The van der Waals surface area contributed by atoms with E-state index in [4.69, 9.17) is 22.1 Å². The Labute approximate surface area is 128 Å². The number of methoxy groups -OCH3 is 1. The topological polar surface area (TPSA) is 53.1 Å². The van der Waals surface area contributed by atoms with E-state index < -0.39 is 0 Å². The summed E-state index contributed by atoms with van der Waals surface area (Å²) in [5, 5.41) is 0.708. The van der Waals surface area contributed by atoms with Gasteiger partial charge in [-0.1, -0.05) is 23.7 Å². The molecule has 5 heteroatoms. The highest BCUT2D eigenvalue weighted by Gasteiger charge is 2.16. The van der Waals surface area contributed by atoms with Crippen molar-refractivity contribution in [3.05, 3.63) is 53.1 Å². The molecule has 0 amide bonds. The first kappa shape index (κ1) is 13.8. The lowest BCUT2D eigenvalue weighted by atomic mass is 10.1. The summed E-state index contributed by atoms with van der Waals surface area (Å²) in [5.74, 6) is 1.26. The SMILES string of the molecule is COc1ccc2nc(N)n(C(C)c3cccc(Cl)c3)c2c1. The molecule has 2 aromatic carbocycles. The van der Waals surface area contributed by atoms with Crippen LogP contribution in [0.4, 0.5) is 5.95 Å². The summed E-state index contributed by atoms with van der Waals surface area (Å²) >= 11 is 6.08. The number of nitrogens with zero attached hydrogens (tertiary/aromatic N) is 2. The van der Waals surface area contributed by atoms with Crippen LogP contribution >= 0.6 is 11.6 Å². The van der Waals surface area contributed by atoms with Gasteiger partial charge in [-0.15, -0.1) is 0 Å². The van der Waals surface area contributed by atoms with Crippen molar-refractivity contribution >= 4 is 28.6 Å². The summed E-state index contributed by atoms with van der Waals surface area (Å²) < 4.78 is 7.28. The van der Waals surface area contributed by atoms with Crippen molar-refractivity contribution in [3.8, 4) is 5.75 Å². The van der Waals surface area contributed by atoms with E-state index in [0.29, 0.717) is 11.0 Å². The highest BCUT2D eigenvalue weighted by molar-refractivity contribution is 6.30. The molecule has 21 heavy (non-hydrogen) atoms. The number of ether oxygens (including phenoxy) is 1. The fraction of sp³-hybridized carbons (Fsp3) is 0.188. The van der Waals surface area contributed by atoms with Crippen LogP contribution in [-0.4, -0.2) is 16.7 Å². The number of nitrogens with two attached hydrogens (primary N) is 1. The predicted molar refractivity (Wildman–Crippen MR) is 86.0 cm³/mol. The van der Waals surface area contributed by atoms with E-state index in [0.717, 1.165) is 22.3 Å². The second kappa shape index (κ2) is 5.30. The average molecular weight is 302 g/mol. The molecule has 0 aliphatic heterocycles. The minimum absolute atomic E-state index is 0.0285. The normalized spacial score (nSPS) is 12.5. The highest BCUT2D eigenvalue weighted by atomic mass is 35.5. The number of anilines is 1. The van der Waals surface area contributed by atoms with Crippen LogP contribution in [0.15, 0.2) is 42.5 Å². The summed E-state index contributed by atoms with van der Waals surface area (Å²) in [6, 6.07) is 13.5. The molecule has 0 bridgehead atoms. The number of fused-ring (bicyclic) bond motifs is 1. The molecular weight excluding hydrogens is 286 g/mol. The Hall–Kier alpha value is -2.20. The Morgan fingerprint density at radius 2 is 2.05 bits per heavy atom. The van der Waals surface area contributed by atoms with Gasteiger partial charge in [-0.2, -0.15) is 0 Å². The number of halogens is 1. The predicted octanol–water partition coefficient (Wildman–Crippen LogP) is 3.89. The summed E-state index contributed by atoms with van der Waals surface area (Å²) in [4.78, 5) is 4.41. The number of imidazole rings is 1. The summed E-state index contributed by atoms with van der Waals surface area (Å²) in [5.41, 5.74) is 8.97. The van der Waals surface area contributed by atoms with Crippen molar-refractivity contribution in [1.82, 2.24) is 9.55 Å². The van der Waals surface area contributed by atoms with Gasteiger partial charge in [0.2, 0.25) is 5.95 Å². The monoisotopic (exact) mass is 301 g/mol. The van der Waals surface area contributed by atoms with E-state index in [1.165, 1.54) is 0 Å². The number of aromatic nitrogens is 2. The molecular formula is C16H16ClN3O. The summed E-state index contributed by atoms with van der Waals surface area (Å²) in [6.45, 7) is 2.07. The lowest BCUT2D eigenvalue weighted by molar-refractivity contribution is 0.415. The molecule has 0 aliphatic carbocycles. The molecule has 0 saturated heterocycles. The minimum atomic E-state index is 0.0285. The maximum Gasteiger partial charge on any atom is 0.201 e. The second-order valence-corrected chi connectivity index (χ2v) is 5.36.